The summed E-state index contributed by atoms with van der Waals surface area (Å²) in [6.07, 6.45) is 10.2. The van der Waals surface area contributed by atoms with E-state index in [0.717, 1.165) is 0 Å². The van der Waals surface area contributed by atoms with Gasteiger partial charge in [0.2, 0.25) is 0 Å². The van der Waals surface area contributed by atoms with Gasteiger partial charge in [0.25, 0.3) is 0 Å². The molecule has 0 saturated heterocycles. The summed E-state index contributed by atoms with van der Waals surface area (Å²) in [5, 5.41) is 7.26. The smallest absolute Gasteiger partial charge is 0.187 e. The van der Waals surface area contributed by atoms with E-state index >= 15 is 0 Å². The minimum absolute atomic E-state index is 0.409. The van der Waals surface area contributed by atoms with Gasteiger partial charge < -0.3 is 9.53 Å². The number of thiocarbonyl (C=S) groups is 1. The SMILES string of the molecule is CCCCCCCCC[Si](C)(C)OC(C)C.OC=S. The Morgan fingerprint density at radius 1 is 1.05 bits per heavy atom. The summed E-state index contributed by atoms with van der Waals surface area (Å²) in [4.78, 5) is 0. The molecular formula is C15H34O2SSi. The van der Waals surface area contributed by atoms with E-state index in [-0.39, 0.29) is 0 Å². The molecule has 0 aliphatic rings. The molecule has 0 bridgehead atoms. The predicted octanol–water partition coefficient (Wildman–Crippen LogP) is 5.87. The van der Waals surface area contributed by atoms with Gasteiger partial charge in [-0.05, 0) is 45.2 Å². The average molecular weight is 307 g/mol. The van der Waals surface area contributed by atoms with Crippen LogP contribution in [0.4, 0.5) is 0 Å². The molecule has 0 radical (unpaired) electrons. The Morgan fingerprint density at radius 2 is 1.47 bits per heavy atom. The number of hydrogen-bond donors (Lipinski definition) is 1. The molecule has 0 spiro atoms. The Labute approximate surface area is 127 Å². The van der Waals surface area contributed by atoms with Gasteiger partial charge in [-0.2, -0.15) is 0 Å². The van der Waals surface area contributed by atoms with Crippen LogP contribution >= 0.6 is 12.2 Å². The molecule has 0 amide bonds. The lowest BCUT2D eigenvalue weighted by molar-refractivity contribution is 0.230. The number of hydrogen-bond acceptors (Lipinski definition) is 2. The summed E-state index contributed by atoms with van der Waals surface area (Å²) in [5.74, 6) is 0. The summed E-state index contributed by atoms with van der Waals surface area (Å²) in [5.41, 5.74) is 0.583. The van der Waals surface area contributed by atoms with Crippen molar-refractivity contribution in [2.45, 2.75) is 91.0 Å². The summed E-state index contributed by atoms with van der Waals surface area (Å²) in [6.45, 7) is 11.3. The number of unbranched alkanes of at least 4 members (excludes halogenated alkanes) is 6. The van der Waals surface area contributed by atoms with Gasteiger partial charge in [0.05, 0.1) is 0 Å². The van der Waals surface area contributed by atoms with Crippen molar-refractivity contribution in [3.63, 3.8) is 0 Å². The zero-order valence-electron chi connectivity index (χ0n) is 13.6. The van der Waals surface area contributed by atoms with Gasteiger partial charge in [-0.25, -0.2) is 0 Å². The van der Waals surface area contributed by atoms with Crippen molar-refractivity contribution in [2.24, 2.45) is 0 Å². The van der Waals surface area contributed by atoms with Crippen LogP contribution in [0.2, 0.25) is 19.1 Å². The van der Waals surface area contributed by atoms with Crippen LogP contribution in [0.3, 0.4) is 0 Å². The largest absolute Gasteiger partial charge is 0.504 e. The second kappa shape index (κ2) is 14.5. The van der Waals surface area contributed by atoms with Crippen molar-refractivity contribution in [1.82, 2.24) is 0 Å². The van der Waals surface area contributed by atoms with Gasteiger partial charge in [0, 0.05) is 6.10 Å². The van der Waals surface area contributed by atoms with E-state index in [1.165, 1.54) is 51.0 Å². The van der Waals surface area contributed by atoms with Gasteiger partial charge >= 0.3 is 0 Å². The molecule has 0 aromatic carbocycles. The molecule has 0 aliphatic carbocycles. The zero-order chi connectivity index (χ0) is 15.1. The van der Waals surface area contributed by atoms with Crippen LogP contribution in [0.15, 0.2) is 0 Å². The monoisotopic (exact) mass is 306 g/mol. The molecule has 0 fully saturated rings. The maximum absolute atomic E-state index is 7.26. The molecule has 0 aliphatic heterocycles. The van der Waals surface area contributed by atoms with Crippen molar-refractivity contribution in [3.05, 3.63) is 0 Å². The van der Waals surface area contributed by atoms with Crippen LogP contribution < -0.4 is 0 Å². The lowest BCUT2D eigenvalue weighted by atomic mass is 10.1. The fourth-order valence-electron chi connectivity index (χ4n) is 2.20. The molecule has 0 unspecified atom stereocenters. The lowest BCUT2D eigenvalue weighted by Crippen LogP contribution is -2.33. The first-order chi connectivity index (χ1) is 8.89. The summed E-state index contributed by atoms with van der Waals surface area (Å²) < 4.78 is 6.02. The molecule has 19 heavy (non-hydrogen) atoms. The highest BCUT2D eigenvalue weighted by atomic mass is 32.1. The van der Waals surface area contributed by atoms with Crippen molar-refractivity contribution < 1.29 is 9.53 Å². The fourth-order valence-corrected chi connectivity index (χ4v) is 4.70. The quantitative estimate of drug-likeness (QED) is 0.311. The molecule has 0 aromatic rings. The molecule has 1 N–H and O–H groups in total. The van der Waals surface area contributed by atoms with E-state index in [1.54, 1.807) is 0 Å². The molecule has 0 saturated carbocycles. The van der Waals surface area contributed by atoms with E-state index < -0.39 is 8.32 Å². The van der Waals surface area contributed by atoms with Crippen LogP contribution in [0.1, 0.15) is 65.7 Å². The Kier molecular flexibility index (Phi) is 16.3. The Balaban J connectivity index is 0. The standard InChI is InChI=1S/C14H32OSi.CH2OS/c1-6-7-8-9-10-11-12-13-16(4,5)15-14(2)3;2-1-3/h14H,6-13H2,1-5H3;1H,(H,2,3). The molecule has 0 heterocycles. The number of rotatable bonds is 10. The number of aliphatic hydroxyl groups excluding tert-OH is 1. The first-order valence-electron chi connectivity index (χ1n) is 7.65. The van der Waals surface area contributed by atoms with E-state index in [1.807, 2.05) is 0 Å². The first-order valence-corrected chi connectivity index (χ1v) is 11.2. The Hall–Kier alpha value is 0.0669. The highest BCUT2D eigenvalue weighted by Crippen LogP contribution is 2.18. The lowest BCUT2D eigenvalue weighted by Gasteiger charge is -2.25. The normalized spacial score (nSPS) is 11.1. The van der Waals surface area contributed by atoms with Crippen LogP contribution in [0.5, 0.6) is 0 Å². The van der Waals surface area contributed by atoms with Crippen LogP contribution in [-0.2, 0) is 4.43 Å². The molecule has 2 nitrogen and oxygen atoms in total. The fraction of sp³-hybridized carbons (Fsp3) is 0.933. The summed E-state index contributed by atoms with van der Waals surface area (Å²) in [7, 11) is -1.34. The Morgan fingerprint density at radius 3 is 1.89 bits per heavy atom. The third-order valence-corrected chi connectivity index (χ3v) is 5.60. The molecule has 4 heteroatoms. The summed E-state index contributed by atoms with van der Waals surface area (Å²) in [6, 6.07) is 1.33. The highest BCUT2D eigenvalue weighted by Gasteiger charge is 2.22. The minimum Gasteiger partial charge on any atom is -0.504 e. The van der Waals surface area contributed by atoms with E-state index in [9.17, 15) is 0 Å². The number of aliphatic hydroxyl groups is 1. The van der Waals surface area contributed by atoms with Gasteiger partial charge in [0.15, 0.2) is 8.32 Å². The second-order valence-corrected chi connectivity index (χ2v) is 10.4. The van der Waals surface area contributed by atoms with Crippen LogP contribution in [0.25, 0.3) is 0 Å². The maximum Gasteiger partial charge on any atom is 0.187 e. The third-order valence-electron chi connectivity index (χ3n) is 2.94. The van der Waals surface area contributed by atoms with Crippen molar-refractivity contribution in [3.8, 4) is 0 Å². The van der Waals surface area contributed by atoms with Gasteiger partial charge in [-0.15, -0.1) is 0 Å². The second-order valence-electron chi connectivity index (χ2n) is 5.90. The third kappa shape index (κ3) is 20.5. The van der Waals surface area contributed by atoms with Gasteiger partial charge in [-0.3, -0.25) is 0 Å². The van der Waals surface area contributed by atoms with Crippen LogP contribution in [0, 0.1) is 0 Å². The zero-order valence-corrected chi connectivity index (χ0v) is 15.4. The average Bonchev–Trinajstić information content (AvgIpc) is 2.27. The molecular weight excluding hydrogens is 272 g/mol. The van der Waals surface area contributed by atoms with E-state index in [2.05, 4.69) is 46.1 Å². The van der Waals surface area contributed by atoms with E-state index in [0.29, 0.717) is 11.7 Å². The van der Waals surface area contributed by atoms with Crippen molar-refractivity contribution in [1.29, 1.82) is 0 Å². The predicted molar refractivity (Wildman–Crippen MR) is 92.8 cm³/mol. The van der Waals surface area contributed by atoms with Gasteiger partial charge in [-0.1, -0.05) is 51.9 Å². The maximum atomic E-state index is 7.26. The molecule has 0 rings (SSSR count). The Bertz CT molecular complexity index is 197. The van der Waals surface area contributed by atoms with Crippen molar-refractivity contribution >= 4 is 26.1 Å². The van der Waals surface area contributed by atoms with E-state index in [4.69, 9.17) is 9.53 Å². The van der Waals surface area contributed by atoms with Gasteiger partial charge in [0.1, 0.15) is 5.55 Å². The minimum atomic E-state index is -1.34. The molecule has 0 aromatic heterocycles. The summed E-state index contributed by atoms with van der Waals surface area (Å²) >= 11 is 3.82. The van der Waals surface area contributed by atoms with Crippen LogP contribution in [-0.4, -0.2) is 25.1 Å². The molecule has 116 valence electrons. The highest BCUT2D eigenvalue weighted by molar-refractivity contribution is 7.78. The molecule has 0 atom stereocenters. The first kappa shape index (κ1) is 21.4. The van der Waals surface area contributed by atoms with Crippen molar-refractivity contribution in [2.75, 3.05) is 0 Å². The topological polar surface area (TPSA) is 29.5 Å².